The number of benzene rings is 2. The maximum absolute atomic E-state index is 6.13. The van der Waals surface area contributed by atoms with E-state index in [4.69, 9.17) is 11.6 Å². The summed E-state index contributed by atoms with van der Waals surface area (Å²) in [7, 11) is 0. The molecule has 0 spiro atoms. The summed E-state index contributed by atoms with van der Waals surface area (Å²) in [5, 5.41) is 4.13. The van der Waals surface area contributed by atoms with E-state index in [1.807, 2.05) is 24.3 Å². The molecular formula is C12H10ClNOS. The minimum Gasteiger partial charge on any atom is -0.412 e. The zero-order valence-corrected chi connectivity index (χ0v) is 9.90. The first-order valence-electron chi connectivity index (χ1n) is 4.67. The van der Waals surface area contributed by atoms with Crippen LogP contribution in [0.2, 0.25) is 5.02 Å². The summed E-state index contributed by atoms with van der Waals surface area (Å²) in [6.07, 6.45) is 0. The number of nitrogens with one attached hydrogen (secondary N) is 1. The Morgan fingerprint density at radius 1 is 0.938 bits per heavy atom. The Bertz CT molecular complexity index is 530. The molecule has 3 rings (SSSR count). The summed E-state index contributed by atoms with van der Waals surface area (Å²) in [5.41, 5.74) is 2.14. The quantitative estimate of drug-likeness (QED) is 0.662. The van der Waals surface area contributed by atoms with Crippen molar-refractivity contribution >= 4 is 34.7 Å². The normalized spacial score (nSPS) is 11.8. The molecule has 2 aromatic rings. The molecule has 16 heavy (non-hydrogen) atoms. The van der Waals surface area contributed by atoms with E-state index in [1.165, 1.54) is 9.79 Å². The lowest BCUT2D eigenvalue weighted by Gasteiger charge is -2.21. The molecule has 0 atom stereocenters. The molecule has 0 saturated heterocycles. The van der Waals surface area contributed by atoms with Crippen LogP contribution in [0.15, 0.2) is 52.3 Å². The van der Waals surface area contributed by atoms with Crippen molar-refractivity contribution in [1.82, 2.24) is 0 Å². The largest absolute Gasteiger partial charge is 0.412 e. The van der Waals surface area contributed by atoms with Gasteiger partial charge in [-0.05, 0) is 24.3 Å². The average molecular weight is 252 g/mol. The van der Waals surface area contributed by atoms with E-state index in [0.717, 1.165) is 16.4 Å². The van der Waals surface area contributed by atoms with Gasteiger partial charge in [-0.2, -0.15) is 0 Å². The average Bonchev–Trinajstić information content (AvgIpc) is 2.27. The first-order valence-corrected chi connectivity index (χ1v) is 5.86. The molecule has 0 radical (unpaired) electrons. The molecule has 2 aromatic carbocycles. The van der Waals surface area contributed by atoms with Crippen LogP contribution in [-0.2, 0) is 0 Å². The molecule has 2 nitrogen and oxygen atoms in total. The summed E-state index contributed by atoms with van der Waals surface area (Å²) < 4.78 is 0. The third kappa shape index (κ3) is 1.78. The maximum Gasteiger partial charge on any atom is 0.0715 e. The van der Waals surface area contributed by atoms with Crippen molar-refractivity contribution in [3.63, 3.8) is 0 Å². The first kappa shape index (κ1) is 11.3. The van der Waals surface area contributed by atoms with E-state index in [0.29, 0.717) is 0 Å². The van der Waals surface area contributed by atoms with Crippen molar-refractivity contribution in [2.45, 2.75) is 9.79 Å². The lowest BCUT2D eigenvalue weighted by atomic mass is 10.2. The first-order chi connectivity index (χ1) is 7.34. The third-order valence-corrected chi connectivity index (χ3v) is 3.79. The molecule has 1 aliphatic rings. The smallest absolute Gasteiger partial charge is 0.0715 e. The van der Waals surface area contributed by atoms with Crippen LogP contribution in [-0.4, -0.2) is 5.48 Å². The van der Waals surface area contributed by atoms with Gasteiger partial charge in [0, 0.05) is 9.79 Å². The van der Waals surface area contributed by atoms with Gasteiger partial charge in [-0.25, -0.2) is 0 Å². The Balaban J connectivity index is 0.000000963. The van der Waals surface area contributed by atoms with Gasteiger partial charge in [0.1, 0.15) is 0 Å². The van der Waals surface area contributed by atoms with Gasteiger partial charge >= 0.3 is 0 Å². The highest BCUT2D eigenvalue weighted by atomic mass is 35.5. The van der Waals surface area contributed by atoms with E-state index >= 15 is 0 Å². The number of halogens is 1. The summed E-state index contributed by atoms with van der Waals surface area (Å²) >= 11 is 7.88. The zero-order chi connectivity index (χ0) is 10.3. The molecule has 4 heteroatoms. The Morgan fingerprint density at radius 3 is 2.56 bits per heavy atom. The molecule has 3 N–H and O–H groups in total. The number of rotatable bonds is 0. The van der Waals surface area contributed by atoms with Gasteiger partial charge in [0.15, 0.2) is 0 Å². The Hall–Kier alpha value is -1.16. The predicted octanol–water partition coefficient (Wildman–Crippen LogP) is 3.72. The number of hydrogen-bond donors (Lipinski definition) is 1. The number of para-hydroxylation sites is 2. The Labute approximate surface area is 103 Å². The molecule has 82 valence electrons. The Morgan fingerprint density at radius 2 is 1.69 bits per heavy atom. The maximum atomic E-state index is 6.13. The summed E-state index contributed by atoms with van der Waals surface area (Å²) in [6, 6.07) is 14.2. The lowest BCUT2D eigenvalue weighted by molar-refractivity contribution is 0.824. The fourth-order valence-electron chi connectivity index (χ4n) is 1.62. The Kier molecular flexibility index (Phi) is 3.10. The van der Waals surface area contributed by atoms with Gasteiger partial charge in [-0.1, -0.05) is 41.6 Å². The van der Waals surface area contributed by atoms with Crippen LogP contribution in [0.3, 0.4) is 0 Å². The van der Waals surface area contributed by atoms with E-state index < -0.39 is 0 Å². The van der Waals surface area contributed by atoms with Crippen molar-refractivity contribution in [2.75, 3.05) is 5.32 Å². The SMILES string of the molecule is Clc1cccc2c1Nc1ccccc1S2.O. The van der Waals surface area contributed by atoms with Crippen LogP contribution >= 0.6 is 23.4 Å². The van der Waals surface area contributed by atoms with Gasteiger partial charge in [-0.3, -0.25) is 0 Å². The van der Waals surface area contributed by atoms with Gasteiger partial charge in [-0.15, -0.1) is 0 Å². The molecule has 0 amide bonds. The topological polar surface area (TPSA) is 43.5 Å². The van der Waals surface area contributed by atoms with Crippen molar-refractivity contribution in [2.24, 2.45) is 0 Å². The fourth-order valence-corrected chi connectivity index (χ4v) is 2.92. The van der Waals surface area contributed by atoms with Crippen molar-refractivity contribution in [1.29, 1.82) is 0 Å². The highest BCUT2D eigenvalue weighted by Gasteiger charge is 2.16. The molecule has 1 aliphatic heterocycles. The molecule has 0 aliphatic carbocycles. The zero-order valence-electron chi connectivity index (χ0n) is 8.33. The van der Waals surface area contributed by atoms with Crippen LogP contribution < -0.4 is 5.32 Å². The van der Waals surface area contributed by atoms with Crippen molar-refractivity contribution < 1.29 is 5.48 Å². The van der Waals surface area contributed by atoms with Crippen LogP contribution in [0.25, 0.3) is 0 Å². The van der Waals surface area contributed by atoms with Crippen LogP contribution in [0.5, 0.6) is 0 Å². The second-order valence-electron chi connectivity index (χ2n) is 3.34. The highest BCUT2D eigenvalue weighted by molar-refractivity contribution is 7.99. The number of hydrogen-bond acceptors (Lipinski definition) is 2. The summed E-state index contributed by atoms with van der Waals surface area (Å²) in [6.45, 7) is 0. The van der Waals surface area contributed by atoms with Gasteiger partial charge < -0.3 is 10.8 Å². The van der Waals surface area contributed by atoms with E-state index in [1.54, 1.807) is 11.8 Å². The minimum absolute atomic E-state index is 0. The van der Waals surface area contributed by atoms with E-state index in [9.17, 15) is 0 Å². The lowest BCUT2D eigenvalue weighted by Crippen LogP contribution is -1.99. The molecule has 1 heterocycles. The molecule has 0 unspecified atom stereocenters. The van der Waals surface area contributed by atoms with Crippen molar-refractivity contribution in [3.8, 4) is 0 Å². The molecule has 0 bridgehead atoms. The van der Waals surface area contributed by atoms with Gasteiger partial charge in [0.2, 0.25) is 0 Å². The fraction of sp³-hybridized carbons (Fsp3) is 0. The number of fused-ring (bicyclic) bond motifs is 2. The van der Waals surface area contributed by atoms with Crippen molar-refractivity contribution in [3.05, 3.63) is 47.5 Å². The molecule has 0 aromatic heterocycles. The highest BCUT2D eigenvalue weighted by Crippen LogP contribution is 2.46. The van der Waals surface area contributed by atoms with Gasteiger partial charge in [0.05, 0.1) is 16.4 Å². The van der Waals surface area contributed by atoms with Crippen LogP contribution in [0.1, 0.15) is 0 Å². The third-order valence-electron chi connectivity index (χ3n) is 2.34. The van der Waals surface area contributed by atoms with E-state index in [-0.39, 0.29) is 5.48 Å². The number of anilines is 2. The summed E-state index contributed by atoms with van der Waals surface area (Å²) in [5.74, 6) is 0. The van der Waals surface area contributed by atoms with Gasteiger partial charge in [0.25, 0.3) is 0 Å². The summed E-state index contributed by atoms with van der Waals surface area (Å²) in [4.78, 5) is 2.42. The standard InChI is InChI=1S/C12H8ClNS.H2O/c13-8-4-3-7-11-12(8)14-9-5-1-2-6-10(9)15-11;/h1-7,14H;1H2. The van der Waals surface area contributed by atoms with Crippen LogP contribution in [0, 0.1) is 0 Å². The molecule has 0 fully saturated rings. The second kappa shape index (κ2) is 4.37. The second-order valence-corrected chi connectivity index (χ2v) is 4.83. The van der Waals surface area contributed by atoms with Crippen LogP contribution in [0.4, 0.5) is 11.4 Å². The minimum atomic E-state index is 0. The predicted molar refractivity (Wildman–Crippen MR) is 68.9 cm³/mol. The van der Waals surface area contributed by atoms with E-state index in [2.05, 4.69) is 23.5 Å². The molecular weight excluding hydrogens is 242 g/mol. The monoisotopic (exact) mass is 251 g/mol. The molecule has 0 saturated carbocycles.